The largest absolute Gasteiger partial charge is 0.339 e. The van der Waals surface area contributed by atoms with E-state index in [2.05, 4.69) is 29.0 Å². The molecular weight excluding hydrogens is 232 g/mol. The summed E-state index contributed by atoms with van der Waals surface area (Å²) in [7, 11) is 1.92. The maximum atomic E-state index is 8.78. The van der Waals surface area contributed by atoms with Gasteiger partial charge >= 0.3 is 0 Å². The van der Waals surface area contributed by atoms with Crippen molar-refractivity contribution in [3.05, 3.63) is 39.8 Å². The van der Waals surface area contributed by atoms with Crippen LogP contribution in [-0.2, 0) is 6.54 Å². The van der Waals surface area contributed by atoms with Gasteiger partial charge in [-0.25, -0.2) is 9.97 Å². The number of nitriles is 1. The van der Waals surface area contributed by atoms with E-state index in [0.717, 1.165) is 6.54 Å². The van der Waals surface area contributed by atoms with Crippen LogP contribution >= 0.6 is 11.3 Å². The van der Waals surface area contributed by atoms with Gasteiger partial charge in [0, 0.05) is 23.0 Å². The average Bonchev–Trinajstić information content (AvgIpc) is 2.75. The molecule has 5 heteroatoms. The van der Waals surface area contributed by atoms with Crippen molar-refractivity contribution in [2.45, 2.75) is 13.5 Å². The van der Waals surface area contributed by atoms with Crippen LogP contribution in [0.2, 0.25) is 0 Å². The Labute approximate surface area is 104 Å². The first-order valence-corrected chi connectivity index (χ1v) is 6.00. The number of aryl methyl sites for hydroxylation is 1. The van der Waals surface area contributed by atoms with Crippen molar-refractivity contribution in [1.82, 2.24) is 9.97 Å². The predicted molar refractivity (Wildman–Crippen MR) is 67.9 cm³/mol. The van der Waals surface area contributed by atoms with Gasteiger partial charge in [-0.3, -0.25) is 0 Å². The maximum Gasteiger partial charge on any atom is 0.226 e. The Morgan fingerprint density at radius 3 is 2.88 bits per heavy atom. The number of hydrogen-bond donors (Lipinski definition) is 0. The molecule has 0 atom stereocenters. The van der Waals surface area contributed by atoms with Gasteiger partial charge in [0.2, 0.25) is 5.95 Å². The van der Waals surface area contributed by atoms with E-state index in [1.165, 1.54) is 9.75 Å². The van der Waals surface area contributed by atoms with Gasteiger partial charge in [-0.15, -0.1) is 11.3 Å². The van der Waals surface area contributed by atoms with Crippen LogP contribution < -0.4 is 4.90 Å². The van der Waals surface area contributed by atoms with Crippen LogP contribution in [-0.4, -0.2) is 17.0 Å². The number of nitrogens with zero attached hydrogens (tertiary/aromatic N) is 4. The van der Waals surface area contributed by atoms with Gasteiger partial charge in [0.1, 0.15) is 11.8 Å². The van der Waals surface area contributed by atoms with E-state index in [4.69, 9.17) is 5.26 Å². The highest BCUT2D eigenvalue weighted by Crippen LogP contribution is 2.18. The van der Waals surface area contributed by atoms with E-state index in [0.29, 0.717) is 11.6 Å². The molecule has 0 saturated carbocycles. The number of rotatable bonds is 3. The highest BCUT2D eigenvalue weighted by atomic mass is 32.1. The zero-order valence-corrected chi connectivity index (χ0v) is 10.5. The van der Waals surface area contributed by atoms with E-state index >= 15 is 0 Å². The van der Waals surface area contributed by atoms with Crippen LogP contribution in [0.1, 0.15) is 15.4 Å². The summed E-state index contributed by atoms with van der Waals surface area (Å²) in [5, 5.41) is 8.78. The molecule has 4 nitrogen and oxygen atoms in total. The van der Waals surface area contributed by atoms with Gasteiger partial charge in [0.25, 0.3) is 0 Å². The molecule has 0 aromatic carbocycles. The molecular formula is C12H12N4S. The Hall–Kier alpha value is -1.93. The number of anilines is 1. The second-order valence-corrected chi connectivity index (χ2v) is 5.09. The van der Waals surface area contributed by atoms with Gasteiger partial charge in [-0.05, 0) is 25.1 Å². The summed E-state index contributed by atoms with van der Waals surface area (Å²) in [5.41, 5.74) is 0.393. The Bertz CT molecular complexity index is 556. The number of thiophene rings is 1. The SMILES string of the molecule is Cc1ccc(CN(C)c2nccc(C#N)n2)s1. The molecule has 17 heavy (non-hydrogen) atoms. The van der Waals surface area contributed by atoms with E-state index in [-0.39, 0.29) is 0 Å². The number of hydrogen-bond acceptors (Lipinski definition) is 5. The Morgan fingerprint density at radius 2 is 2.24 bits per heavy atom. The minimum atomic E-state index is 0.393. The summed E-state index contributed by atoms with van der Waals surface area (Å²) >= 11 is 1.76. The van der Waals surface area contributed by atoms with E-state index in [9.17, 15) is 0 Å². The average molecular weight is 244 g/mol. The van der Waals surface area contributed by atoms with E-state index in [1.807, 2.05) is 18.0 Å². The molecule has 0 saturated heterocycles. The third-order valence-corrected chi connectivity index (χ3v) is 3.27. The summed E-state index contributed by atoms with van der Waals surface area (Å²) in [5.74, 6) is 0.579. The Kier molecular flexibility index (Phi) is 3.35. The first kappa shape index (κ1) is 11.6. The van der Waals surface area contributed by atoms with E-state index in [1.54, 1.807) is 23.6 Å². The normalized spacial score (nSPS) is 9.94. The van der Waals surface area contributed by atoms with Crippen molar-refractivity contribution in [2.24, 2.45) is 0 Å². The molecule has 2 heterocycles. The summed E-state index contributed by atoms with van der Waals surface area (Å²) in [6, 6.07) is 7.82. The minimum absolute atomic E-state index is 0.393. The molecule has 86 valence electrons. The topological polar surface area (TPSA) is 52.8 Å². The predicted octanol–water partition coefficient (Wildman–Crippen LogP) is 2.35. The van der Waals surface area contributed by atoms with Crippen molar-refractivity contribution >= 4 is 17.3 Å². The van der Waals surface area contributed by atoms with Crippen LogP contribution in [0, 0.1) is 18.3 Å². The third-order valence-electron chi connectivity index (χ3n) is 2.29. The van der Waals surface area contributed by atoms with Crippen molar-refractivity contribution in [2.75, 3.05) is 11.9 Å². The zero-order chi connectivity index (χ0) is 12.3. The quantitative estimate of drug-likeness (QED) is 0.831. The summed E-state index contributed by atoms with van der Waals surface area (Å²) in [4.78, 5) is 12.8. The molecule has 0 aliphatic carbocycles. The summed E-state index contributed by atoms with van der Waals surface area (Å²) in [6.45, 7) is 2.84. The second kappa shape index (κ2) is 4.93. The molecule has 0 bridgehead atoms. The molecule has 0 radical (unpaired) electrons. The van der Waals surface area contributed by atoms with Crippen LogP contribution in [0.4, 0.5) is 5.95 Å². The summed E-state index contributed by atoms with van der Waals surface area (Å²) < 4.78 is 0. The van der Waals surface area contributed by atoms with Crippen molar-refractivity contribution in [3.63, 3.8) is 0 Å². The number of aromatic nitrogens is 2. The molecule has 0 aliphatic rings. The zero-order valence-electron chi connectivity index (χ0n) is 9.71. The Morgan fingerprint density at radius 1 is 1.41 bits per heavy atom. The first-order valence-electron chi connectivity index (χ1n) is 5.18. The molecule has 2 aromatic heterocycles. The lowest BCUT2D eigenvalue weighted by Gasteiger charge is -2.15. The molecule has 0 fully saturated rings. The van der Waals surface area contributed by atoms with Crippen LogP contribution in [0.25, 0.3) is 0 Å². The van der Waals surface area contributed by atoms with Gasteiger partial charge in [-0.2, -0.15) is 5.26 Å². The first-order chi connectivity index (χ1) is 8.19. The maximum absolute atomic E-state index is 8.78. The molecule has 0 amide bonds. The van der Waals surface area contributed by atoms with Crippen LogP contribution in [0.15, 0.2) is 24.4 Å². The van der Waals surface area contributed by atoms with Crippen LogP contribution in [0.3, 0.4) is 0 Å². The van der Waals surface area contributed by atoms with Gasteiger partial charge in [0.15, 0.2) is 0 Å². The van der Waals surface area contributed by atoms with Crippen molar-refractivity contribution in [1.29, 1.82) is 5.26 Å². The van der Waals surface area contributed by atoms with Crippen LogP contribution in [0.5, 0.6) is 0 Å². The molecule has 0 aliphatic heterocycles. The fourth-order valence-electron chi connectivity index (χ4n) is 1.47. The highest BCUT2D eigenvalue weighted by molar-refractivity contribution is 7.11. The molecule has 2 rings (SSSR count). The smallest absolute Gasteiger partial charge is 0.226 e. The van der Waals surface area contributed by atoms with E-state index < -0.39 is 0 Å². The second-order valence-electron chi connectivity index (χ2n) is 3.72. The molecule has 2 aromatic rings. The Balaban J connectivity index is 2.14. The van der Waals surface area contributed by atoms with Crippen molar-refractivity contribution in [3.8, 4) is 6.07 Å². The summed E-state index contributed by atoms with van der Waals surface area (Å²) in [6.07, 6.45) is 1.61. The lowest BCUT2D eigenvalue weighted by atomic mass is 10.4. The minimum Gasteiger partial charge on any atom is -0.339 e. The van der Waals surface area contributed by atoms with Gasteiger partial charge < -0.3 is 4.90 Å². The fourth-order valence-corrected chi connectivity index (χ4v) is 2.41. The molecule has 0 spiro atoms. The van der Waals surface area contributed by atoms with Gasteiger partial charge in [0.05, 0.1) is 6.54 Å². The molecule has 0 N–H and O–H groups in total. The molecule has 0 unspecified atom stereocenters. The lowest BCUT2D eigenvalue weighted by molar-refractivity contribution is 0.875. The lowest BCUT2D eigenvalue weighted by Crippen LogP contribution is -2.18. The van der Waals surface area contributed by atoms with Gasteiger partial charge in [-0.1, -0.05) is 0 Å². The monoisotopic (exact) mass is 244 g/mol. The third kappa shape index (κ3) is 2.80. The fraction of sp³-hybridized carbons (Fsp3) is 0.250. The highest BCUT2D eigenvalue weighted by Gasteiger charge is 2.07. The standard InChI is InChI=1S/C12H12N4S/c1-9-3-4-11(17-9)8-16(2)12-14-6-5-10(7-13)15-12/h3-6H,8H2,1-2H3. The van der Waals surface area contributed by atoms with Crippen molar-refractivity contribution < 1.29 is 0 Å².